The van der Waals surface area contributed by atoms with Gasteiger partial charge in [-0.1, -0.05) is 12.1 Å². The van der Waals surface area contributed by atoms with Gasteiger partial charge in [-0.25, -0.2) is 4.98 Å². The molecule has 0 radical (unpaired) electrons. The molecule has 28 heavy (non-hydrogen) atoms. The standard InChI is InChI=1S/C21H20N2O5/c1-3-27-16-10-8-15(9-11-16)20(25)14(2)28-19(24)12-23-13-22-18-7-5-4-6-17(18)21(23)26/h4-11,13-14H,3,12H2,1-2H3/t14-/m1/s1. The zero-order valence-electron chi connectivity index (χ0n) is 15.6. The number of para-hydroxylation sites is 1. The summed E-state index contributed by atoms with van der Waals surface area (Å²) in [4.78, 5) is 41.2. The monoisotopic (exact) mass is 380 g/mol. The van der Waals surface area contributed by atoms with E-state index in [4.69, 9.17) is 9.47 Å². The van der Waals surface area contributed by atoms with Crippen LogP contribution in [0.25, 0.3) is 10.9 Å². The van der Waals surface area contributed by atoms with Crippen LogP contribution < -0.4 is 10.3 Å². The largest absolute Gasteiger partial charge is 0.494 e. The van der Waals surface area contributed by atoms with Gasteiger partial charge in [0, 0.05) is 5.56 Å². The number of benzene rings is 2. The molecule has 0 aliphatic carbocycles. The molecule has 1 heterocycles. The fourth-order valence-corrected chi connectivity index (χ4v) is 2.76. The first-order chi connectivity index (χ1) is 13.5. The zero-order valence-corrected chi connectivity index (χ0v) is 15.6. The number of hydrogen-bond acceptors (Lipinski definition) is 6. The van der Waals surface area contributed by atoms with Crippen molar-refractivity contribution >= 4 is 22.7 Å². The summed E-state index contributed by atoms with van der Waals surface area (Å²) in [5.41, 5.74) is 0.623. The zero-order chi connectivity index (χ0) is 20.1. The normalized spacial score (nSPS) is 11.8. The van der Waals surface area contributed by atoms with Crippen molar-refractivity contribution in [2.45, 2.75) is 26.5 Å². The van der Waals surface area contributed by atoms with E-state index in [0.29, 0.717) is 28.8 Å². The Hall–Kier alpha value is -3.48. The summed E-state index contributed by atoms with van der Waals surface area (Å²) in [6.07, 6.45) is 0.319. The summed E-state index contributed by atoms with van der Waals surface area (Å²) >= 11 is 0. The molecule has 0 saturated heterocycles. The maximum Gasteiger partial charge on any atom is 0.326 e. The molecule has 2 aromatic carbocycles. The van der Waals surface area contributed by atoms with Gasteiger partial charge >= 0.3 is 5.97 Å². The minimum atomic E-state index is -0.977. The molecule has 0 bridgehead atoms. The Kier molecular flexibility index (Phi) is 5.84. The highest BCUT2D eigenvalue weighted by atomic mass is 16.5. The molecule has 0 unspecified atom stereocenters. The molecular formula is C21H20N2O5. The molecule has 1 atom stereocenters. The second-order valence-corrected chi connectivity index (χ2v) is 6.15. The number of esters is 1. The Morgan fingerprint density at radius 2 is 1.82 bits per heavy atom. The summed E-state index contributed by atoms with van der Waals surface area (Å²) in [5.74, 6) is -0.363. The number of fused-ring (bicyclic) bond motifs is 1. The Morgan fingerprint density at radius 3 is 2.54 bits per heavy atom. The van der Waals surface area contributed by atoms with Crippen molar-refractivity contribution in [3.8, 4) is 5.75 Å². The Morgan fingerprint density at radius 1 is 1.11 bits per heavy atom. The van der Waals surface area contributed by atoms with Crippen molar-refractivity contribution in [1.82, 2.24) is 9.55 Å². The van der Waals surface area contributed by atoms with Crippen LogP contribution in [0.3, 0.4) is 0 Å². The van der Waals surface area contributed by atoms with Gasteiger partial charge in [-0.05, 0) is 50.2 Å². The van der Waals surface area contributed by atoms with Crippen LogP contribution in [-0.2, 0) is 16.1 Å². The van der Waals surface area contributed by atoms with Gasteiger partial charge in [0.2, 0.25) is 5.78 Å². The molecule has 0 amide bonds. The molecule has 0 fully saturated rings. The van der Waals surface area contributed by atoms with Crippen molar-refractivity contribution in [2.75, 3.05) is 6.61 Å². The molecule has 3 rings (SSSR count). The molecule has 7 nitrogen and oxygen atoms in total. The quantitative estimate of drug-likeness (QED) is 0.462. The van der Waals surface area contributed by atoms with E-state index < -0.39 is 12.1 Å². The highest BCUT2D eigenvalue weighted by molar-refractivity contribution is 6.00. The van der Waals surface area contributed by atoms with Crippen LogP contribution in [0.1, 0.15) is 24.2 Å². The average molecular weight is 380 g/mol. The molecule has 3 aromatic rings. The molecule has 0 aliphatic rings. The highest BCUT2D eigenvalue weighted by Gasteiger charge is 2.20. The number of aromatic nitrogens is 2. The molecule has 1 aromatic heterocycles. The van der Waals surface area contributed by atoms with Crippen LogP contribution in [0.15, 0.2) is 59.7 Å². The molecular weight excluding hydrogens is 360 g/mol. The summed E-state index contributed by atoms with van der Waals surface area (Å²) in [7, 11) is 0. The molecule has 144 valence electrons. The third-order valence-corrected chi connectivity index (χ3v) is 4.16. The predicted molar refractivity (Wildman–Crippen MR) is 103 cm³/mol. The van der Waals surface area contributed by atoms with Crippen molar-refractivity contribution in [3.05, 3.63) is 70.8 Å². The summed E-state index contributed by atoms with van der Waals surface area (Å²) < 4.78 is 11.7. The van der Waals surface area contributed by atoms with Crippen molar-refractivity contribution in [2.24, 2.45) is 0 Å². The number of nitrogens with zero attached hydrogens (tertiary/aromatic N) is 2. The third-order valence-electron chi connectivity index (χ3n) is 4.16. The first-order valence-electron chi connectivity index (χ1n) is 8.90. The summed E-state index contributed by atoms with van der Waals surface area (Å²) in [5, 5.41) is 0.413. The second-order valence-electron chi connectivity index (χ2n) is 6.15. The van der Waals surface area contributed by atoms with Crippen LogP contribution in [0.2, 0.25) is 0 Å². The van der Waals surface area contributed by atoms with Crippen LogP contribution in [0, 0.1) is 0 Å². The molecule has 0 N–H and O–H groups in total. The molecule has 0 saturated carbocycles. The maximum atomic E-state index is 12.4. The van der Waals surface area contributed by atoms with Gasteiger partial charge < -0.3 is 9.47 Å². The number of Topliss-reactive ketones (excluding diaryl/α,β-unsaturated/α-hetero) is 1. The minimum Gasteiger partial charge on any atom is -0.494 e. The lowest BCUT2D eigenvalue weighted by atomic mass is 10.1. The minimum absolute atomic E-state index is 0.322. The van der Waals surface area contributed by atoms with Crippen molar-refractivity contribution in [1.29, 1.82) is 0 Å². The molecule has 7 heteroatoms. The highest BCUT2D eigenvalue weighted by Crippen LogP contribution is 2.14. The number of hydrogen-bond donors (Lipinski definition) is 0. The van der Waals surface area contributed by atoms with E-state index in [1.54, 1.807) is 48.5 Å². The van der Waals surface area contributed by atoms with Gasteiger partial charge in [-0.2, -0.15) is 0 Å². The van der Waals surface area contributed by atoms with E-state index in [1.807, 2.05) is 6.92 Å². The van der Waals surface area contributed by atoms with Crippen LogP contribution in [0.4, 0.5) is 0 Å². The summed E-state index contributed by atoms with van der Waals surface area (Å²) in [6.45, 7) is 3.58. The number of ether oxygens (including phenoxy) is 2. The van der Waals surface area contributed by atoms with Gasteiger partial charge in [0.1, 0.15) is 12.3 Å². The van der Waals surface area contributed by atoms with E-state index in [9.17, 15) is 14.4 Å². The number of ketones is 1. The number of rotatable bonds is 7. The summed E-state index contributed by atoms with van der Waals surface area (Å²) in [6, 6.07) is 13.5. The first kappa shape index (κ1) is 19.3. The van der Waals surface area contributed by atoms with E-state index in [1.165, 1.54) is 17.8 Å². The van der Waals surface area contributed by atoms with E-state index in [2.05, 4.69) is 4.98 Å². The molecule has 0 spiro atoms. The van der Waals surface area contributed by atoms with Crippen LogP contribution in [0.5, 0.6) is 5.75 Å². The van der Waals surface area contributed by atoms with E-state index >= 15 is 0 Å². The van der Waals surface area contributed by atoms with Gasteiger partial charge in [-0.3, -0.25) is 19.0 Å². The van der Waals surface area contributed by atoms with Crippen LogP contribution >= 0.6 is 0 Å². The lowest BCUT2D eigenvalue weighted by Gasteiger charge is -2.13. The maximum absolute atomic E-state index is 12.4. The Labute approximate surface area is 161 Å². The SMILES string of the molecule is CCOc1ccc(C(=O)[C@@H](C)OC(=O)Cn2cnc3ccccc3c2=O)cc1. The van der Waals surface area contributed by atoms with Gasteiger partial charge in [0.05, 0.1) is 23.8 Å². The van der Waals surface area contributed by atoms with Crippen molar-refractivity contribution < 1.29 is 19.1 Å². The number of carbonyl (C=O) groups excluding carboxylic acids is 2. The van der Waals surface area contributed by atoms with Gasteiger partial charge in [0.25, 0.3) is 5.56 Å². The van der Waals surface area contributed by atoms with Gasteiger partial charge in [0.15, 0.2) is 6.10 Å². The predicted octanol–water partition coefficient (Wildman–Crippen LogP) is 2.61. The topological polar surface area (TPSA) is 87.5 Å². The van der Waals surface area contributed by atoms with Gasteiger partial charge in [-0.15, -0.1) is 0 Å². The molecule has 0 aliphatic heterocycles. The average Bonchev–Trinajstić information content (AvgIpc) is 2.70. The lowest BCUT2D eigenvalue weighted by molar-refractivity contribution is -0.147. The Bertz CT molecular complexity index is 1060. The van der Waals surface area contributed by atoms with E-state index in [-0.39, 0.29) is 17.9 Å². The fourth-order valence-electron chi connectivity index (χ4n) is 2.76. The fraction of sp³-hybridized carbons (Fsp3) is 0.238. The van der Waals surface area contributed by atoms with Crippen LogP contribution in [-0.4, -0.2) is 34.0 Å². The number of carbonyl (C=O) groups is 2. The Balaban J connectivity index is 1.66. The van der Waals surface area contributed by atoms with Crippen molar-refractivity contribution in [3.63, 3.8) is 0 Å². The first-order valence-corrected chi connectivity index (χ1v) is 8.90. The lowest BCUT2D eigenvalue weighted by Crippen LogP contribution is -2.30. The smallest absolute Gasteiger partial charge is 0.326 e. The van der Waals surface area contributed by atoms with E-state index in [0.717, 1.165) is 0 Å². The second kappa shape index (κ2) is 8.47. The third kappa shape index (κ3) is 4.25.